The monoisotopic (exact) mass is 294 g/mol. The van der Waals surface area contributed by atoms with Gasteiger partial charge in [-0.3, -0.25) is 0 Å². The minimum Gasteiger partial charge on any atom is -0.328 e. The standard InChI is InChI=1S/C16H20ClFN2/c17-9-8-16-19-14-10-13(18)6-7-15(14)20(16)11-12-4-2-1-3-5-12/h6-7,10,12H,1-5,8-9,11H2. The molecular weight excluding hydrogens is 275 g/mol. The van der Waals surface area contributed by atoms with Gasteiger partial charge < -0.3 is 4.57 Å². The fraction of sp³-hybridized carbons (Fsp3) is 0.562. The van der Waals surface area contributed by atoms with Crippen molar-refractivity contribution < 1.29 is 4.39 Å². The largest absolute Gasteiger partial charge is 0.328 e. The van der Waals surface area contributed by atoms with Crippen LogP contribution in [-0.2, 0) is 13.0 Å². The maximum Gasteiger partial charge on any atom is 0.125 e. The van der Waals surface area contributed by atoms with Gasteiger partial charge in [0.1, 0.15) is 11.6 Å². The third-order valence-electron chi connectivity index (χ3n) is 4.27. The topological polar surface area (TPSA) is 17.8 Å². The third-order valence-corrected chi connectivity index (χ3v) is 4.46. The summed E-state index contributed by atoms with van der Waals surface area (Å²) in [5.74, 6) is 2.04. The summed E-state index contributed by atoms with van der Waals surface area (Å²) < 4.78 is 15.6. The molecule has 4 heteroatoms. The number of halogens is 2. The van der Waals surface area contributed by atoms with E-state index >= 15 is 0 Å². The van der Waals surface area contributed by atoms with Crippen LogP contribution < -0.4 is 0 Å². The second-order valence-electron chi connectivity index (χ2n) is 5.71. The van der Waals surface area contributed by atoms with Crippen LogP contribution in [0.15, 0.2) is 18.2 Å². The Morgan fingerprint density at radius 1 is 1.25 bits per heavy atom. The molecule has 1 heterocycles. The molecule has 0 bridgehead atoms. The van der Waals surface area contributed by atoms with Gasteiger partial charge in [0.05, 0.1) is 11.0 Å². The molecule has 1 aliphatic rings. The molecular formula is C16H20ClFN2. The highest BCUT2D eigenvalue weighted by Crippen LogP contribution is 2.27. The number of hydrogen-bond acceptors (Lipinski definition) is 1. The quantitative estimate of drug-likeness (QED) is 0.757. The minimum absolute atomic E-state index is 0.225. The Kier molecular flexibility index (Phi) is 4.25. The average Bonchev–Trinajstić information content (AvgIpc) is 2.77. The molecule has 0 atom stereocenters. The molecule has 1 aliphatic carbocycles. The highest BCUT2D eigenvalue weighted by molar-refractivity contribution is 6.17. The minimum atomic E-state index is -0.225. The van der Waals surface area contributed by atoms with Crippen LogP contribution in [0.1, 0.15) is 37.9 Å². The Morgan fingerprint density at radius 3 is 2.80 bits per heavy atom. The van der Waals surface area contributed by atoms with Crippen LogP contribution in [0, 0.1) is 11.7 Å². The molecule has 0 aliphatic heterocycles. The van der Waals surface area contributed by atoms with Crippen molar-refractivity contribution in [3.63, 3.8) is 0 Å². The summed E-state index contributed by atoms with van der Waals surface area (Å²) >= 11 is 5.88. The van der Waals surface area contributed by atoms with Crippen molar-refractivity contribution in [2.45, 2.75) is 45.1 Å². The lowest BCUT2D eigenvalue weighted by Gasteiger charge is -2.23. The highest BCUT2D eigenvalue weighted by Gasteiger charge is 2.18. The van der Waals surface area contributed by atoms with Crippen molar-refractivity contribution >= 4 is 22.6 Å². The first-order valence-corrected chi connectivity index (χ1v) is 8.02. The number of hydrogen-bond donors (Lipinski definition) is 0. The van der Waals surface area contributed by atoms with Gasteiger partial charge in [-0.25, -0.2) is 9.37 Å². The van der Waals surface area contributed by atoms with Crippen LogP contribution >= 0.6 is 11.6 Å². The fourth-order valence-corrected chi connectivity index (χ4v) is 3.43. The number of rotatable bonds is 4. The fourth-order valence-electron chi connectivity index (χ4n) is 3.26. The first kappa shape index (κ1) is 13.9. The summed E-state index contributed by atoms with van der Waals surface area (Å²) in [5.41, 5.74) is 1.79. The first-order chi connectivity index (χ1) is 9.78. The summed E-state index contributed by atoms with van der Waals surface area (Å²) in [6.45, 7) is 0.994. The van der Waals surface area contributed by atoms with Gasteiger partial charge in [-0.15, -0.1) is 11.6 Å². The molecule has 1 fully saturated rings. The van der Waals surface area contributed by atoms with Crippen molar-refractivity contribution in [2.24, 2.45) is 5.92 Å². The van der Waals surface area contributed by atoms with E-state index in [1.807, 2.05) is 6.07 Å². The van der Waals surface area contributed by atoms with Gasteiger partial charge in [0.15, 0.2) is 0 Å². The van der Waals surface area contributed by atoms with Gasteiger partial charge >= 0.3 is 0 Å². The van der Waals surface area contributed by atoms with Crippen LogP contribution in [0.4, 0.5) is 4.39 Å². The molecule has 3 rings (SSSR count). The Bertz CT molecular complexity index is 587. The normalized spacial score (nSPS) is 16.9. The molecule has 0 saturated heterocycles. The number of imidazole rings is 1. The molecule has 20 heavy (non-hydrogen) atoms. The third kappa shape index (κ3) is 2.83. The summed E-state index contributed by atoms with van der Waals surface area (Å²) in [6, 6.07) is 4.88. The van der Waals surface area contributed by atoms with Gasteiger partial charge in [-0.1, -0.05) is 19.3 Å². The van der Waals surface area contributed by atoms with Gasteiger partial charge in [-0.2, -0.15) is 0 Å². The smallest absolute Gasteiger partial charge is 0.125 e. The van der Waals surface area contributed by atoms with E-state index in [1.165, 1.54) is 44.2 Å². The van der Waals surface area contributed by atoms with E-state index in [4.69, 9.17) is 11.6 Å². The van der Waals surface area contributed by atoms with Crippen LogP contribution in [0.5, 0.6) is 0 Å². The highest BCUT2D eigenvalue weighted by atomic mass is 35.5. The Hall–Kier alpha value is -1.09. The Labute approximate surface area is 123 Å². The zero-order valence-electron chi connectivity index (χ0n) is 11.6. The first-order valence-electron chi connectivity index (χ1n) is 7.48. The van der Waals surface area contributed by atoms with Crippen molar-refractivity contribution in [2.75, 3.05) is 5.88 Å². The molecule has 1 aromatic heterocycles. The van der Waals surface area contributed by atoms with E-state index in [-0.39, 0.29) is 5.82 Å². The number of nitrogens with zero attached hydrogens (tertiary/aromatic N) is 2. The maximum absolute atomic E-state index is 13.3. The summed E-state index contributed by atoms with van der Waals surface area (Å²) in [4.78, 5) is 4.57. The van der Waals surface area contributed by atoms with E-state index in [2.05, 4.69) is 9.55 Å². The maximum atomic E-state index is 13.3. The van der Waals surface area contributed by atoms with Crippen LogP contribution in [0.3, 0.4) is 0 Å². The number of benzene rings is 1. The van der Waals surface area contributed by atoms with Crippen molar-refractivity contribution in [1.29, 1.82) is 0 Å². The number of aromatic nitrogens is 2. The van der Waals surface area contributed by atoms with E-state index in [0.717, 1.165) is 35.7 Å². The van der Waals surface area contributed by atoms with E-state index in [1.54, 1.807) is 0 Å². The molecule has 0 radical (unpaired) electrons. The zero-order valence-corrected chi connectivity index (χ0v) is 12.4. The van der Waals surface area contributed by atoms with Crippen LogP contribution in [0.2, 0.25) is 0 Å². The molecule has 0 N–H and O–H groups in total. The Morgan fingerprint density at radius 2 is 2.05 bits per heavy atom. The lowest BCUT2D eigenvalue weighted by molar-refractivity contribution is 0.319. The number of aryl methyl sites for hydroxylation is 1. The van der Waals surface area contributed by atoms with Gasteiger partial charge in [0, 0.05) is 24.9 Å². The lowest BCUT2D eigenvalue weighted by Crippen LogP contribution is -2.16. The number of alkyl halides is 1. The average molecular weight is 295 g/mol. The summed E-state index contributed by atoms with van der Waals surface area (Å²) in [5, 5.41) is 0. The lowest BCUT2D eigenvalue weighted by atomic mass is 9.89. The Balaban J connectivity index is 1.95. The molecule has 0 unspecified atom stereocenters. The molecule has 2 nitrogen and oxygen atoms in total. The van der Waals surface area contributed by atoms with E-state index in [9.17, 15) is 4.39 Å². The predicted octanol–water partition coefficient (Wildman–Crippen LogP) is 4.54. The predicted molar refractivity (Wildman–Crippen MR) is 80.7 cm³/mol. The van der Waals surface area contributed by atoms with Crippen LogP contribution in [-0.4, -0.2) is 15.4 Å². The van der Waals surface area contributed by atoms with Gasteiger partial charge in [0.2, 0.25) is 0 Å². The van der Waals surface area contributed by atoms with E-state index in [0.29, 0.717) is 5.88 Å². The van der Waals surface area contributed by atoms with Crippen molar-refractivity contribution in [3.8, 4) is 0 Å². The second kappa shape index (κ2) is 6.13. The van der Waals surface area contributed by atoms with Gasteiger partial charge in [0.25, 0.3) is 0 Å². The number of fused-ring (bicyclic) bond motifs is 1. The van der Waals surface area contributed by atoms with Gasteiger partial charge in [-0.05, 0) is 30.9 Å². The second-order valence-corrected chi connectivity index (χ2v) is 6.09. The van der Waals surface area contributed by atoms with Crippen LogP contribution in [0.25, 0.3) is 11.0 Å². The van der Waals surface area contributed by atoms with Crippen molar-refractivity contribution in [1.82, 2.24) is 9.55 Å². The zero-order chi connectivity index (χ0) is 13.9. The van der Waals surface area contributed by atoms with E-state index < -0.39 is 0 Å². The molecule has 2 aromatic rings. The molecule has 0 amide bonds. The molecule has 1 aromatic carbocycles. The SMILES string of the molecule is Fc1ccc2c(c1)nc(CCCl)n2CC1CCCCC1. The molecule has 0 spiro atoms. The molecule has 108 valence electrons. The molecule has 1 saturated carbocycles. The summed E-state index contributed by atoms with van der Waals surface area (Å²) in [6.07, 6.45) is 7.35. The van der Waals surface area contributed by atoms with Crippen molar-refractivity contribution in [3.05, 3.63) is 29.8 Å². The summed E-state index contributed by atoms with van der Waals surface area (Å²) in [7, 11) is 0.